The van der Waals surface area contributed by atoms with Gasteiger partial charge < -0.3 is 9.73 Å². The number of fused-ring (bicyclic) bond motifs is 1. The molecule has 0 saturated heterocycles. The SMILES string of the molecule is O=C1Cc2ccccc2C(c2ccccc2)=N[C@@H]1Nc1nnc(-c2ccc(C(F)(F)F)cc2)o1. The number of Topliss-reactive ketones (excluding diaryl/α,β-unsaturated/α-hetero) is 1. The molecule has 0 bridgehead atoms. The molecular weight excluding hydrogens is 445 g/mol. The van der Waals surface area contributed by atoms with E-state index in [1.54, 1.807) is 0 Å². The fraction of sp³-hybridized carbons (Fsp3) is 0.120. The Balaban J connectivity index is 1.44. The number of hydrogen-bond donors (Lipinski definition) is 1. The summed E-state index contributed by atoms with van der Waals surface area (Å²) in [4.78, 5) is 17.7. The summed E-state index contributed by atoms with van der Waals surface area (Å²) < 4.78 is 44.0. The van der Waals surface area contributed by atoms with Crippen LogP contribution >= 0.6 is 0 Å². The predicted molar refractivity (Wildman–Crippen MR) is 119 cm³/mol. The zero-order valence-electron chi connectivity index (χ0n) is 17.6. The number of carbonyl (C=O) groups is 1. The molecule has 1 N–H and O–H groups in total. The second-order valence-electron chi connectivity index (χ2n) is 7.68. The number of halogens is 3. The number of aromatic nitrogens is 2. The largest absolute Gasteiger partial charge is 0.416 e. The fourth-order valence-electron chi connectivity index (χ4n) is 3.72. The smallest absolute Gasteiger partial charge is 0.403 e. The van der Waals surface area contributed by atoms with Crippen molar-refractivity contribution in [2.75, 3.05) is 5.32 Å². The van der Waals surface area contributed by atoms with Gasteiger partial charge in [-0.25, -0.2) is 0 Å². The summed E-state index contributed by atoms with van der Waals surface area (Å²) in [6, 6.07) is 21.4. The maximum atomic E-state index is 13.0. The first-order chi connectivity index (χ1) is 16.4. The number of ketones is 1. The van der Waals surface area contributed by atoms with E-state index in [0.717, 1.165) is 28.8 Å². The van der Waals surface area contributed by atoms with Crippen molar-refractivity contribution in [2.24, 2.45) is 4.99 Å². The minimum atomic E-state index is -4.44. The van der Waals surface area contributed by atoms with Gasteiger partial charge in [-0.2, -0.15) is 13.2 Å². The lowest BCUT2D eigenvalue weighted by atomic mass is 9.96. The van der Waals surface area contributed by atoms with Crippen LogP contribution in [-0.2, 0) is 17.4 Å². The molecule has 9 heteroatoms. The Morgan fingerprint density at radius 1 is 0.853 bits per heavy atom. The lowest BCUT2D eigenvalue weighted by Crippen LogP contribution is -2.29. The average molecular weight is 462 g/mol. The van der Waals surface area contributed by atoms with Crippen molar-refractivity contribution < 1.29 is 22.4 Å². The van der Waals surface area contributed by atoms with Crippen LogP contribution in [0.15, 0.2) is 88.3 Å². The van der Waals surface area contributed by atoms with Gasteiger partial charge in [0, 0.05) is 23.1 Å². The van der Waals surface area contributed by atoms with Crippen molar-refractivity contribution >= 4 is 17.5 Å². The monoisotopic (exact) mass is 462 g/mol. The van der Waals surface area contributed by atoms with Crippen LogP contribution in [0.4, 0.5) is 19.2 Å². The van der Waals surface area contributed by atoms with Gasteiger partial charge in [0.05, 0.1) is 11.3 Å². The fourth-order valence-corrected chi connectivity index (χ4v) is 3.72. The summed E-state index contributed by atoms with van der Waals surface area (Å²) in [7, 11) is 0. The highest BCUT2D eigenvalue weighted by Gasteiger charge is 2.30. The molecule has 5 rings (SSSR count). The van der Waals surface area contributed by atoms with Crippen molar-refractivity contribution in [3.05, 3.63) is 101 Å². The summed E-state index contributed by atoms with van der Waals surface area (Å²) >= 11 is 0. The van der Waals surface area contributed by atoms with Crippen LogP contribution in [0.5, 0.6) is 0 Å². The second kappa shape index (κ2) is 8.58. The van der Waals surface area contributed by atoms with Crippen molar-refractivity contribution in [3.63, 3.8) is 0 Å². The average Bonchev–Trinajstić information content (AvgIpc) is 3.25. The second-order valence-corrected chi connectivity index (χ2v) is 7.68. The van der Waals surface area contributed by atoms with Gasteiger partial charge in [-0.15, -0.1) is 5.10 Å². The van der Waals surface area contributed by atoms with Gasteiger partial charge >= 0.3 is 12.2 Å². The molecule has 0 amide bonds. The quantitative estimate of drug-likeness (QED) is 0.453. The number of carbonyl (C=O) groups excluding carboxylic acids is 1. The third kappa shape index (κ3) is 4.32. The maximum absolute atomic E-state index is 13.0. The number of anilines is 1. The molecule has 6 nitrogen and oxygen atoms in total. The van der Waals surface area contributed by atoms with Gasteiger partial charge in [-0.1, -0.05) is 59.7 Å². The highest BCUT2D eigenvalue weighted by atomic mass is 19.4. The molecule has 4 aromatic rings. The van der Waals surface area contributed by atoms with E-state index in [1.165, 1.54) is 12.1 Å². The highest BCUT2D eigenvalue weighted by molar-refractivity contribution is 6.16. The predicted octanol–water partition coefficient (Wildman–Crippen LogP) is 5.16. The first kappa shape index (κ1) is 21.6. The lowest BCUT2D eigenvalue weighted by Gasteiger charge is -2.11. The molecule has 34 heavy (non-hydrogen) atoms. The van der Waals surface area contributed by atoms with Crippen LogP contribution in [0.1, 0.15) is 22.3 Å². The highest BCUT2D eigenvalue weighted by Crippen LogP contribution is 2.31. The number of nitrogens with one attached hydrogen (secondary N) is 1. The van der Waals surface area contributed by atoms with E-state index in [0.29, 0.717) is 11.3 Å². The summed E-state index contributed by atoms with van der Waals surface area (Å²) in [6.45, 7) is 0. The van der Waals surface area contributed by atoms with Crippen molar-refractivity contribution in [2.45, 2.75) is 18.8 Å². The van der Waals surface area contributed by atoms with Crippen molar-refractivity contribution in [3.8, 4) is 11.5 Å². The Labute approximate surface area is 192 Å². The van der Waals surface area contributed by atoms with Gasteiger partial charge in [0.25, 0.3) is 0 Å². The molecule has 1 aliphatic rings. The van der Waals surface area contributed by atoms with Crippen LogP contribution in [0.2, 0.25) is 0 Å². The molecule has 170 valence electrons. The van der Waals surface area contributed by atoms with Crippen molar-refractivity contribution in [1.29, 1.82) is 0 Å². The van der Waals surface area contributed by atoms with Crippen LogP contribution in [0.25, 0.3) is 11.5 Å². The molecule has 1 aliphatic heterocycles. The zero-order chi connectivity index (χ0) is 23.7. The molecule has 0 unspecified atom stereocenters. The van der Waals surface area contributed by atoms with E-state index in [4.69, 9.17) is 4.42 Å². The Kier molecular flexibility index (Phi) is 5.45. The zero-order valence-corrected chi connectivity index (χ0v) is 17.6. The lowest BCUT2D eigenvalue weighted by molar-refractivity contribution is -0.137. The number of alkyl halides is 3. The van der Waals surface area contributed by atoms with E-state index < -0.39 is 17.9 Å². The van der Waals surface area contributed by atoms with E-state index in [1.807, 2.05) is 54.6 Å². The minimum Gasteiger partial charge on any atom is -0.403 e. The van der Waals surface area contributed by atoms with Gasteiger partial charge in [-0.05, 0) is 29.8 Å². The topological polar surface area (TPSA) is 80.4 Å². The maximum Gasteiger partial charge on any atom is 0.416 e. The number of aliphatic imine (C=N–C) groups is 1. The molecule has 1 aromatic heterocycles. The third-order valence-corrected chi connectivity index (χ3v) is 5.39. The van der Waals surface area contributed by atoms with E-state index in [2.05, 4.69) is 20.5 Å². The molecule has 0 radical (unpaired) electrons. The summed E-state index contributed by atoms with van der Waals surface area (Å²) in [6.07, 6.45) is -5.26. The number of hydrogen-bond acceptors (Lipinski definition) is 6. The van der Waals surface area contributed by atoms with Gasteiger partial charge in [-0.3, -0.25) is 9.79 Å². The Hall–Kier alpha value is -4.27. The number of benzene rings is 3. The first-order valence-corrected chi connectivity index (χ1v) is 10.4. The van der Waals surface area contributed by atoms with Gasteiger partial charge in [0.1, 0.15) is 0 Å². The summed E-state index contributed by atoms with van der Waals surface area (Å²) in [5, 5.41) is 10.7. The summed E-state index contributed by atoms with van der Waals surface area (Å²) in [5.41, 5.74) is 2.77. The van der Waals surface area contributed by atoms with Crippen LogP contribution in [-0.4, -0.2) is 27.9 Å². The third-order valence-electron chi connectivity index (χ3n) is 5.39. The van der Waals surface area contributed by atoms with E-state index >= 15 is 0 Å². The van der Waals surface area contributed by atoms with E-state index in [9.17, 15) is 18.0 Å². The first-order valence-electron chi connectivity index (χ1n) is 10.4. The minimum absolute atomic E-state index is 0.0212. The Bertz CT molecular complexity index is 1360. The van der Waals surface area contributed by atoms with Gasteiger partial charge in [0.2, 0.25) is 5.89 Å². The number of rotatable bonds is 4. The molecular formula is C25H17F3N4O2. The molecule has 0 spiro atoms. The van der Waals surface area contributed by atoms with Crippen LogP contribution in [0.3, 0.4) is 0 Å². The molecule has 0 fully saturated rings. The molecule has 1 atom stereocenters. The molecule has 2 heterocycles. The number of nitrogens with zero attached hydrogens (tertiary/aromatic N) is 3. The molecule has 0 saturated carbocycles. The van der Waals surface area contributed by atoms with Crippen LogP contribution in [0, 0.1) is 0 Å². The normalized spacial score (nSPS) is 15.9. The Morgan fingerprint density at radius 3 is 2.29 bits per heavy atom. The van der Waals surface area contributed by atoms with E-state index in [-0.39, 0.29) is 24.1 Å². The van der Waals surface area contributed by atoms with Gasteiger partial charge in [0.15, 0.2) is 11.9 Å². The molecule has 3 aromatic carbocycles. The standard InChI is InChI=1S/C25H17F3N4O2/c26-25(27,28)18-12-10-16(11-13-18)23-31-32-24(34-23)30-22-20(33)14-17-8-4-5-9-19(17)21(29-22)15-6-2-1-3-7-15/h1-13,22H,14H2,(H,30,32)/t22-/m1/s1. The Morgan fingerprint density at radius 2 is 1.56 bits per heavy atom. The molecule has 0 aliphatic carbocycles. The van der Waals surface area contributed by atoms with Crippen LogP contribution < -0.4 is 5.32 Å². The van der Waals surface area contributed by atoms with Crippen molar-refractivity contribution in [1.82, 2.24) is 10.2 Å². The summed E-state index contributed by atoms with van der Waals surface area (Å²) in [5.74, 6) is -0.166.